The van der Waals surface area contributed by atoms with Gasteiger partial charge in [0.25, 0.3) is 5.91 Å². The van der Waals surface area contributed by atoms with Gasteiger partial charge in [-0.2, -0.15) is 0 Å². The number of carbonyl (C=O) groups is 1. The van der Waals surface area contributed by atoms with Crippen molar-refractivity contribution in [2.75, 3.05) is 6.26 Å². The van der Waals surface area contributed by atoms with E-state index in [1.165, 1.54) is 16.6 Å². The lowest BCUT2D eigenvalue weighted by atomic mass is 10.1. The number of amides is 1. The van der Waals surface area contributed by atoms with Crippen LogP contribution < -0.4 is 15.9 Å². The van der Waals surface area contributed by atoms with E-state index >= 15 is 0 Å². The summed E-state index contributed by atoms with van der Waals surface area (Å²) in [5.41, 5.74) is 0.560. The molecule has 5 nitrogen and oxygen atoms in total. The number of hydrazone groups is 1. The molecule has 2 aliphatic heterocycles. The molecule has 0 radical (unpaired) electrons. The van der Waals surface area contributed by atoms with Crippen LogP contribution in [0.25, 0.3) is 5.70 Å². The van der Waals surface area contributed by atoms with Crippen LogP contribution in [-0.4, -0.2) is 22.3 Å². The van der Waals surface area contributed by atoms with E-state index in [4.69, 9.17) is 4.99 Å². The van der Waals surface area contributed by atoms with Gasteiger partial charge in [0.1, 0.15) is 5.70 Å². The van der Waals surface area contributed by atoms with Crippen LogP contribution in [0.5, 0.6) is 0 Å². The second-order valence-corrected chi connectivity index (χ2v) is 7.34. The number of carbonyl (C=O) groups excluding carboxylic acids is 1. The number of thioether (sulfide) groups is 1. The van der Waals surface area contributed by atoms with E-state index in [2.05, 4.69) is 29.5 Å². The molecular weight excluding hydrogens is 328 g/mol. The maximum atomic E-state index is 12.6. The first-order valence-corrected chi connectivity index (χ1v) is 9.18. The number of fused-ring (bicyclic) bond motifs is 2. The van der Waals surface area contributed by atoms with Gasteiger partial charge in [-0.25, -0.2) is 5.01 Å². The Labute approximate surface area is 141 Å². The molecule has 1 atom stereocenters. The summed E-state index contributed by atoms with van der Waals surface area (Å²) in [5, 5.41) is 11.4. The van der Waals surface area contributed by atoms with Crippen LogP contribution in [-0.2, 0) is 4.79 Å². The lowest BCUT2D eigenvalue weighted by molar-refractivity contribution is -0.116. The maximum absolute atomic E-state index is 12.6. The molecule has 0 aliphatic carbocycles. The zero-order valence-corrected chi connectivity index (χ0v) is 14.2. The Morgan fingerprint density at radius 3 is 2.83 bits per heavy atom. The Morgan fingerprint density at radius 2 is 2.09 bits per heavy atom. The minimum absolute atomic E-state index is 0.134. The molecule has 0 saturated heterocycles. The second kappa shape index (κ2) is 5.50. The monoisotopic (exact) mass is 342 g/mol. The fourth-order valence-corrected chi connectivity index (χ4v) is 3.96. The summed E-state index contributed by atoms with van der Waals surface area (Å²) in [5.74, 6) is -0.134. The van der Waals surface area contributed by atoms with Crippen molar-refractivity contribution < 1.29 is 4.79 Å². The highest BCUT2D eigenvalue weighted by Gasteiger charge is 2.34. The number of hydrogen-bond acceptors (Lipinski definition) is 6. The smallest absolute Gasteiger partial charge is 0.276 e. The highest BCUT2D eigenvalue weighted by Crippen LogP contribution is 2.33. The Bertz CT molecular complexity index is 947. The molecule has 1 aromatic heterocycles. The van der Waals surface area contributed by atoms with Gasteiger partial charge in [0, 0.05) is 10.1 Å². The van der Waals surface area contributed by atoms with Crippen molar-refractivity contribution in [2.45, 2.75) is 13.1 Å². The van der Waals surface area contributed by atoms with Gasteiger partial charge in [-0.1, -0.05) is 30.0 Å². The highest BCUT2D eigenvalue weighted by molar-refractivity contribution is 8.13. The first kappa shape index (κ1) is 14.5. The number of nitrogens with zero attached hydrogens (tertiary/aromatic N) is 3. The van der Waals surface area contributed by atoms with E-state index in [1.54, 1.807) is 16.3 Å². The number of rotatable bonds is 1. The van der Waals surface area contributed by atoms with Crippen molar-refractivity contribution >= 4 is 39.9 Å². The lowest BCUT2D eigenvalue weighted by Crippen LogP contribution is -2.50. The largest absolute Gasteiger partial charge is 0.298 e. The van der Waals surface area contributed by atoms with Crippen molar-refractivity contribution in [3.05, 3.63) is 56.7 Å². The molecule has 116 valence electrons. The first-order valence-electron chi connectivity index (χ1n) is 7.14. The van der Waals surface area contributed by atoms with E-state index in [-0.39, 0.29) is 12.1 Å². The van der Waals surface area contributed by atoms with Gasteiger partial charge in [0.05, 0.1) is 10.2 Å². The molecule has 1 aromatic carbocycles. The predicted molar refractivity (Wildman–Crippen MR) is 93.4 cm³/mol. The Balaban J connectivity index is 1.99. The van der Waals surface area contributed by atoms with Crippen molar-refractivity contribution in [1.29, 1.82) is 0 Å². The number of benzene rings is 1. The molecule has 1 amide bonds. The third-order valence-corrected chi connectivity index (χ3v) is 5.34. The number of thiophene rings is 1. The predicted octanol–water partition coefficient (Wildman–Crippen LogP) is 1.56. The van der Waals surface area contributed by atoms with E-state index < -0.39 is 0 Å². The third kappa shape index (κ3) is 2.36. The molecule has 0 spiro atoms. The maximum Gasteiger partial charge on any atom is 0.276 e. The van der Waals surface area contributed by atoms with Gasteiger partial charge in [0.2, 0.25) is 0 Å². The molecule has 0 saturated carbocycles. The zero-order chi connectivity index (χ0) is 16.0. The summed E-state index contributed by atoms with van der Waals surface area (Å²) in [6.45, 7) is 2.06. The number of para-hydroxylation sites is 1. The molecule has 0 unspecified atom stereocenters. The second-order valence-electron chi connectivity index (χ2n) is 5.22. The van der Waals surface area contributed by atoms with Crippen LogP contribution in [0.1, 0.15) is 15.9 Å². The third-order valence-electron chi connectivity index (χ3n) is 3.72. The molecule has 1 N–H and O–H groups in total. The van der Waals surface area contributed by atoms with Crippen LogP contribution in [0.15, 0.2) is 46.5 Å². The van der Waals surface area contributed by atoms with Gasteiger partial charge in [-0.15, -0.1) is 16.4 Å². The summed E-state index contributed by atoms with van der Waals surface area (Å²) in [7, 11) is 0. The van der Waals surface area contributed by atoms with Gasteiger partial charge >= 0.3 is 0 Å². The van der Waals surface area contributed by atoms with Gasteiger partial charge in [-0.05, 0) is 31.4 Å². The normalized spacial score (nSPS) is 19.5. The highest BCUT2D eigenvalue weighted by atomic mass is 32.2. The Hall–Kier alpha value is -2.12. The molecule has 4 rings (SSSR count). The van der Waals surface area contributed by atoms with Crippen molar-refractivity contribution in [1.82, 2.24) is 10.3 Å². The molecule has 2 aliphatic rings. The van der Waals surface area contributed by atoms with Gasteiger partial charge in [-0.3, -0.25) is 15.1 Å². The number of amidine groups is 1. The van der Waals surface area contributed by atoms with Crippen molar-refractivity contribution in [3.63, 3.8) is 0 Å². The van der Waals surface area contributed by atoms with Crippen LogP contribution in [0.3, 0.4) is 0 Å². The minimum Gasteiger partial charge on any atom is -0.298 e. The van der Waals surface area contributed by atoms with Crippen LogP contribution in [0.4, 0.5) is 0 Å². The fourth-order valence-electron chi connectivity index (χ4n) is 2.70. The van der Waals surface area contributed by atoms with E-state index in [9.17, 15) is 4.79 Å². The average Bonchev–Trinajstić information content (AvgIpc) is 2.99. The standard InChI is InChI=1S/C16H14N4OS2/c1-9-7-8-12(23-9)14-17-11-6-4-3-5-10(11)13-15(21)18-16(22-2)19-20(13)14/h3-8,14H,1-2H3,(H,18,19,21)/t14-/m1/s1. The molecular formula is C16H14N4OS2. The van der Waals surface area contributed by atoms with Crippen LogP contribution in [0.2, 0.25) is 0 Å². The molecule has 23 heavy (non-hydrogen) atoms. The topological polar surface area (TPSA) is 57.1 Å². The number of nitrogens with one attached hydrogen (secondary N) is 1. The zero-order valence-electron chi connectivity index (χ0n) is 12.6. The molecule has 0 bridgehead atoms. The Morgan fingerprint density at radius 1 is 1.26 bits per heavy atom. The van der Waals surface area contributed by atoms with Gasteiger partial charge in [0.15, 0.2) is 11.3 Å². The van der Waals surface area contributed by atoms with E-state index in [1.807, 2.05) is 30.5 Å². The van der Waals surface area contributed by atoms with Crippen molar-refractivity contribution in [3.8, 4) is 0 Å². The van der Waals surface area contributed by atoms with E-state index in [0.29, 0.717) is 10.9 Å². The summed E-state index contributed by atoms with van der Waals surface area (Å²) < 4.78 is 0. The quantitative estimate of drug-likeness (QED) is 0.856. The van der Waals surface area contributed by atoms with Crippen LogP contribution in [0, 0.1) is 6.92 Å². The number of aryl methyl sites for hydroxylation is 1. The minimum atomic E-state index is -0.299. The lowest BCUT2D eigenvalue weighted by Gasteiger charge is -2.33. The number of hydrogen-bond donors (Lipinski definition) is 1. The SMILES string of the molecule is CSC1=NN2C(=c3ccccc3=N[C@H]2c2ccc(C)s2)C(=O)N1. The summed E-state index contributed by atoms with van der Waals surface area (Å²) in [4.78, 5) is 19.7. The van der Waals surface area contributed by atoms with E-state index in [0.717, 1.165) is 15.5 Å². The summed E-state index contributed by atoms with van der Waals surface area (Å²) in [6, 6.07) is 11.8. The Kier molecular flexibility index (Phi) is 3.46. The summed E-state index contributed by atoms with van der Waals surface area (Å²) >= 11 is 3.09. The van der Waals surface area contributed by atoms with Crippen LogP contribution >= 0.6 is 23.1 Å². The summed E-state index contributed by atoms with van der Waals surface area (Å²) in [6.07, 6.45) is 1.59. The molecule has 3 heterocycles. The average molecular weight is 342 g/mol. The molecule has 7 heteroatoms. The first-order chi connectivity index (χ1) is 11.2. The van der Waals surface area contributed by atoms with Gasteiger partial charge < -0.3 is 0 Å². The molecule has 2 aromatic rings. The molecule has 0 fully saturated rings. The fraction of sp³-hybridized carbons (Fsp3) is 0.188. The van der Waals surface area contributed by atoms with Crippen molar-refractivity contribution in [2.24, 2.45) is 10.1 Å².